The van der Waals surface area contributed by atoms with Gasteiger partial charge in [0.2, 0.25) is 0 Å². The number of ether oxygens (including phenoxy) is 2. The second-order valence-corrected chi connectivity index (χ2v) is 3.88. The van der Waals surface area contributed by atoms with Crippen LogP contribution in [0.15, 0.2) is 42.5 Å². The molecular formula is C13H14O3. The predicted molar refractivity (Wildman–Crippen MR) is 59.8 cm³/mol. The van der Waals surface area contributed by atoms with E-state index in [1.807, 2.05) is 30.3 Å². The molecule has 0 radical (unpaired) electrons. The molecule has 1 saturated heterocycles. The SMILES string of the molecule is C=C(C)C(=O)OC[C@H]1O[C@@H]1c1ccccc1. The second kappa shape index (κ2) is 4.49. The molecule has 1 fully saturated rings. The summed E-state index contributed by atoms with van der Waals surface area (Å²) in [5.74, 6) is -0.359. The van der Waals surface area contributed by atoms with E-state index >= 15 is 0 Å². The van der Waals surface area contributed by atoms with Crippen molar-refractivity contribution in [1.29, 1.82) is 0 Å². The second-order valence-electron chi connectivity index (χ2n) is 3.88. The van der Waals surface area contributed by atoms with Gasteiger partial charge in [0.05, 0.1) is 0 Å². The molecule has 1 aliphatic heterocycles. The van der Waals surface area contributed by atoms with Crippen molar-refractivity contribution in [1.82, 2.24) is 0 Å². The summed E-state index contributed by atoms with van der Waals surface area (Å²) in [4.78, 5) is 11.1. The number of hydrogen-bond donors (Lipinski definition) is 0. The highest BCUT2D eigenvalue weighted by Crippen LogP contribution is 2.38. The largest absolute Gasteiger partial charge is 0.459 e. The van der Waals surface area contributed by atoms with Crippen LogP contribution in [-0.4, -0.2) is 18.7 Å². The van der Waals surface area contributed by atoms with Crippen molar-refractivity contribution >= 4 is 5.97 Å². The minimum atomic E-state index is -0.359. The first-order valence-corrected chi connectivity index (χ1v) is 5.21. The van der Waals surface area contributed by atoms with Crippen molar-refractivity contribution in [3.05, 3.63) is 48.0 Å². The van der Waals surface area contributed by atoms with Crippen molar-refractivity contribution < 1.29 is 14.3 Å². The van der Waals surface area contributed by atoms with Gasteiger partial charge in [0.25, 0.3) is 0 Å². The van der Waals surface area contributed by atoms with Gasteiger partial charge in [-0.2, -0.15) is 0 Å². The summed E-state index contributed by atoms with van der Waals surface area (Å²) in [5.41, 5.74) is 1.54. The molecule has 3 heteroatoms. The molecule has 2 rings (SSSR count). The van der Waals surface area contributed by atoms with Gasteiger partial charge in [0.15, 0.2) is 0 Å². The van der Waals surface area contributed by atoms with Crippen LogP contribution >= 0.6 is 0 Å². The quantitative estimate of drug-likeness (QED) is 0.442. The molecule has 0 N–H and O–H groups in total. The number of epoxide rings is 1. The Kier molecular flexibility index (Phi) is 3.06. The van der Waals surface area contributed by atoms with Gasteiger partial charge in [-0.1, -0.05) is 36.9 Å². The lowest BCUT2D eigenvalue weighted by Gasteiger charge is -2.00. The van der Waals surface area contributed by atoms with Gasteiger partial charge >= 0.3 is 5.97 Å². The third kappa shape index (κ3) is 2.49. The summed E-state index contributed by atoms with van der Waals surface area (Å²) >= 11 is 0. The minimum Gasteiger partial charge on any atom is -0.459 e. The first-order valence-electron chi connectivity index (χ1n) is 5.21. The van der Waals surface area contributed by atoms with Crippen molar-refractivity contribution in [3.63, 3.8) is 0 Å². The van der Waals surface area contributed by atoms with E-state index in [0.717, 1.165) is 5.56 Å². The predicted octanol–water partition coefficient (Wildman–Crippen LogP) is 2.25. The Bertz CT molecular complexity index is 397. The maximum Gasteiger partial charge on any atom is 0.333 e. The normalized spacial score (nSPS) is 22.6. The van der Waals surface area contributed by atoms with Crippen LogP contribution in [0.2, 0.25) is 0 Å². The maximum absolute atomic E-state index is 11.1. The Labute approximate surface area is 94.7 Å². The summed E-state index contributed by atoms with van der Waals surface area (Å²) in [6, 6.07) is 9.90. The smallest absolute Gasteiger partial charge is 0.333 e. The molecule has 1 aromatic carbocycles. The summed E-state index contributed by atoms with van der Waals surface area (Å²) in [6.07, 6.45) is 0.0600. The molecule has 0 spiro atoms. The van der Waals surface area contributed by atoms with Gasteiger partial charge in [0.1, 0.15) is 18.8 Å². The molecule has 1 aliphatic rings. The van der Waals surface area contributed by atoms with Crippen LogP contribution in [0.5, 0.6) is 0 Å². The van der Waals surface area contributed by atoms with E-state index in [9.17, 15) is 4.79 Å². The zero-order chi connectivity index (χ0) is 11.5. The number of carbonyl (C=O) groups is 1. The van der Waals surface area contributed by atoms with Gasteiger partial charge < -0.3 is 9.47 Å². The average molecular weight is 218 g/mol. The van der Waals surface area contributed by atoms with Crippen molar-refractivity contribution in [2.45, 2.75) is 19.1 Å². The van der Waals surface area contributed by atoms with Gasteiger partial charge in [-0.15, -0.1) is 0 Å². The molecule has 84 valence electrons. The maximum atomic E-state index is 11.1. The first kappa shape index (κ1) is 10.9. The van der Waals surface area contributed by atoms with Crippen molar-refractivity contribution in [2.24, 2.45) is 0 Å². The third-order valence-corrected chi connectivity index (χ3v) is 2.44. The summed E-state index contributed by atoms with van der Waals surface area (Å²) in [5, 5.41) is 0. The molecule has 1 aromatic rings. The molecule has 1 heterocycles. The van der Waals surface area contributed by atoms with E-state index in [0.29, 0.717) is 12.2 Å². The number of rotatable bonds is 4. The molecule has 0 aromatic heterocycles. The third-order valence-electron chi connectivity index (χ3n) is 2.44. The van der Waals surface area contributed by atoms with Crippen LogP contribution < -0.4 is 0 Å². The molecule has 0 bridgehead atoms. The van der Waals surface area contributed by atoms with Gasteiger partial charge in [-0.25, -0.2) is 4.79 Å². The van der Waals surface area contributed by atoms with Gasteiger partial charge in [-0.05, 0) is 12.5 Å². The molecule has 0 saturated carbocycles. The summed E-state index contributed by atoms with van der Waals surface area (Å²) in [6.45, 7) is 5.44. The minimum absolute atomic E-state index is 0.00861. The topological polar surface area (TPSA) is 38.8 Å². The fourth-order valence-corrected chi connectivity index (χ4v) is 1.49. The van der Waals surface area contributed by atoms with Crippen molar-refractivity contribution in [2.75, 3.05) is 6.61 Å². The van der Waals surface area contributed by atoms with E-state index in [1.54, 1.807) is 6.92 Å². The van der Waals surface area contributed by atoms with Gasteiger partial charge in [0, 0.05) is 5.57 Å². The lowest BCUT2D eigenvalue weighted by molar-refractivity contribution is -0.139. The standard InChI is InChI=1S/C13H14O3/c1-9(2)13(14)15-8-11-12(16-11)10-6-4-3-5-7-10/h3-7,11-12H,1,8H2,2H3/t11-,12-/m1/s1. The van der Waals surface area contributed by atoms with E-state index in [4.69, 9.17) is 9.47 Å². The average Bonchev–Trinajstić information content (AvgIpc) is 3.06. The van der Waals surface area contributed by atoms with Crippen LogP contribution in [0.4, 0.5) is 0 Å². The van der Waals surface area contributed by atoms with Crippen LogP contribution in [-0.2, 0) is 14.3 Å². The molecule has 0 aliphatic carbocycles. The Balaban J connectivity index is 1.80. The molecule has 16 heavy (non-hydrogen) atoms. The Morgan fingerprint density at radius 1 is 1.44 bits per heavy atom. The monoisotopic (exact) mass is 218 g/mol. The highest BCUT2D eigenvalue weighted by Gasteiger charge is 2.40. The van der Waals surface area contributed by atoms with E-state index < -0.39 is 0 Å². The molecular weight excluding hydrogens is 204 g/mol. The molecule has 2 atom stereocenters. The van der Waals surface area contributed by atoms with Crippen LogP contribution in [0.25, 0.3) is 0 Å². The fraction of sp³-hybridized carbons (Fsp3) is 0.308. The highest BCUT2D eigenvalue weighted by atomic mass is 16.6. The summed E-state index contributed by atoms with van der Waals surface area (Å²) < 4.78 is 10.4. The Morgan fingerprint density at radius 2 is 2.12 bits per heavy atom. The zero-order valence-corrected chi connectivity index (χ0v) is 9.18. The lowest BCUT2D eigenvalue weighted by Crippen LogP contribution is -2.10. The highest BCUT2D eigenvalue weighted by molar-refractivity contribution is 5.86. The van der Waals surface area contributed by atoms with Crippen LogP contribution in [0.3, 0.4) is 0 Å². The number of hydrogen-bond acceptors (Lipinski definition) is 3. The number of esters is 1. The number of carbonyl (C=O) groups excluding carboxylic acids is 1. The van der Waals surface area contributed by atoms with E-state index in [1.165, 1.54) is 0 Å². The number of benzene rings is 1. The first-order chi connectivity index (χ1) is 7.68. The van der Waals surface area contributed by atoms with Gasteiger partial charge in [-0.3, -0.25) is 0 Å². The Morgan fingerprint density at radius 3 is 2.75 bits per heavy atom. The molecule has 0 amide bonds. The Hall–Kier alpha value is -1.61. The van der Waals surface area contributed by atoms with Crippen LogP contribution in [0, 0.1) is 0 Å². The fourth-order valence-electron chi connectivity index (χ4n) is 1.49. The van der Waals surface area contributed by atoms with E-state index in [2.05, 4.69) is 6.58 Å². The molecule has 3 nitrogen and oxygen atoms in total. The zero-order valence-electron chi connectivity index (χ0n) is 9.18. The summed E-state index contributed by atoms with van der Waals surface area (Å²) in [7, 11) is 0. The molecule has 0 unspecified atom stereocenters. The van der Waals surface area contributed by atoms with Crippen molar-refractivity contribution in [3.8, 4) is 0 Å². The van der Waals surface area contributed by atoms with Crippen LogP contribution in [0.1, 0.15) is 18.6 Å². The lowest BCUT2D eigenvalue weighted by atomic mass is 10.1. The van der Waals surface area contributed by atoms with E-state index in [-0.39, 0.29) is 18.2 Å².